The fourth-order valence-electron chi connectivity index (χ4n) is 3.14. The molecule has 0 aromatic heterocycles. The van der Waals surface area contributed by atoms with Crippen LogP contribution in [0.25, 0.3) is 0 Å². The summed E-state index contributed by atoms with van der Waals surface area (Å²) >= 11 is 0. The maximum atomic E-state index is 11.3. The van der Waals surface area contributed by atoms with Gasteiger partial charge >= 0.3 is 0 Å². The largest absolute Gasteiger partial charge is 0.381 e. The Bertz CT molecular complexity index is 230. The van der Waals surface area contributed by atoms with Crippen molar-refractivity contribution >= 4 is 6.29 Å². The van der Waals surface area contributed by atoms with E-state index in [2.05, 4.69) is 11.9 Å². The Labute approximate surface area is 98.1 Å². The van der Waals surface area contributed by atoms with Crippen molar-refractivity contribution in [1.29, 1.82) is 0 Å². The Hall–Kier alpha value is -0.410. The Kier molecular flexibility index (Phi) is 3.98. The summed E-state index contributed by atoms with van der Waals surface area (Å²) in [6.07, 6.45) is 8.07. The number of hydrogen-bond acceptors (Lipinski definition) is 3. The summed E-state index contributed by atoms with van der Waals surface area (Å²) in [4.78, 5) is 13.7. The molecule has 3 heteroatoms. The molecule has 92 valence electrons. The van der Waals surface area contributed by atoms with Crippen LogP contribution < -0.4 is 0 Å². The van der Waals surface area contributed by atoms with E-state index in [4.69, 9.17) is 4.74 Å². The first kappa shape index (κ1) is 12.1. The molecule has 0 radical (unpaired) electrons. The third-order valence-electron chi connectivity index (χ3n) is 4.23. The van der Waals surface area contributed by atoms with Gasteiger partial charge in [0.1, 0.15) is 6.29 Å². The fraction of sp³-hybridized carbons (Fsp3) is 0.923. The van der Waals surface area contributed by atoms with Crippen LogP contribution in [0.2, 0.25) is 0 Å². The lowest BCUT2D eigenvalue weighted by atomic mass is 9.87. The van der Waals surface area contributed by atoms with Crippen molar-refractivity contribution in [3.63, 3.8) is 0 Å². The highest BCUT2D eigenvalue weighted by molar-refractivity contribution is 5.60. The summed E-state index contributed by atoms with van der Waals surface area (Å²) in [7, 11) is 2.17. The van der Waals surface area contributed by atoms with E-state index in [1.54, 1.807) is 0 Å². The maximum absolute atomic E-state index is 11.3. The molecular weight excluding hydrogens is 202 g/mol. The molecule has 1 heterocycles. The summed E-state index contributed by atoms with van der Waals surface area (Å²) < 4.78 is 5.38. The fourth-order valence-corrected chi connectivity index (χ4v) is 3.14. The maximum Gasteiger partial charge on any atom is 0.127 e. The first-order valence-corrected chi connectivity index (χ1v) is 6.50. The molecular formula is C13H23NO2. The third kappa shape index (κ3) is 2.64. The second kappa shape index (κ2) is 5.28. The molecule has 0 spiro atoms. The lowest BCUT2D eigenvalue weighted by Crippen LogP contribution is -2.43. The second-order valence-electron chi connectivity index (χ2n) is 5.45. The first-order chi connectivity index (χ1) is 7.76. The van der Waals surface area contributed by atoms with Gasteiger partial charge in [0.25, 0.3) is 0 Å². The minimum absolute atomic E-state index is 0.0347. The van der Waals surface area contributed by atoms with Gasteiger partial charge in [0.2, 0.25) is 0 Å². The molecule has 1 aliphatic carbocycles. The molecule has 2 rings (SSSR count). The molecule has 1 saturated heterocycles. The van der Waals surface area contributed by atoms with Gasteiger partial charge in [-0.2, -0.15) is 0 Å². The highest BCUT2D eigenvalue weighted by Gasteiger charge is 2.36. The van der Waals surface area contributed by atoms with E-state index in [-0.39, 0.29) is 5.41 Å². The number of aldehydes is 1. The van der Waals surface area contributed by atoms with E-state index in [9.17, 15) is 4.79 Å². The number of hydrogen-bond donors (Lipinski definition) is 0. The van der Waals surface area contributed by atoms with E-state index in [0.717, 1.165) is 45.4 Å². The van der Waals surface area contributed by atoms with Gasteiger partial charge in [0, 0.05) is 31.2 Å². The van der Waals surface area contributed by atoms with Gasteiger partial charge in [-0.05, 0) is 32.7 Å². The summed E-state index contributed by atoms with van der Waals surface area (Å²) in [5.74, 6) is 0. The SMILES string of the molecule is CN(CC1(C=O)CCCC1)C1CCOCC1. The van der Waals surface area contributed by atoms with Crippen molar-refractivity contribution in [2.24, 2.45) is 5.41 Å². The molecule has 0 atom stereocenters. The molecule has 0 bridgehead atoms. The van der Waals surface area contributed by atoms with Crippen LogP contribution in [0.3, 0.4) is 0 Å². The number of nitrogens with zero attached hydrogens (tertiary/aromatic N) is 1. The van der Waals surface area contributed by atoms with Gasteiger partial charge in [-0.1, -0.05) is 12.8 Å². The Morgan fingerprint density at radius 2 is 1.94 bits per heavy atom. The van der Waals surface area contributed by atoms with E-state index < -0.39 is 0 Å². The molecule has 3 nitrogen and oxygen atoms in total. The summed E-state index contributed by atoms with van der Waals surface area (Å²) in [5.41, 5.74) is -0.0347. The normalized spacial score (nSPS) is 26.1. The van der Waals surface area contributed by atoms with Crippen LogP contribution in [0.5, 0.6) is 0 Å². The van der Waals surface area contributed by atoms with Gasteiger partial charge in [0.05, 0.1) is 0 Å². The quantitative estimate of drug-likeness (QED) is 0.684. The smallest absolute Gasteiger partial charge is 0.127 e. The van der Waals surface area contributed by atoms with Crippen LogP contribution in [0.4, 0.5) is 0 Å². The average Bonchev–Trinajstić information content (AvgIpc) is 2.79. The van der Waals surface area contributed by atoms with Crippen molar-refractivity contribution in [1.82, 2.24) is 4.90 Å². The van der Waals surface area contributed by atoms with Gasteiger partial charge in [0.15, 0.2) is 0 Å². The molecule has 1 aliphatic heterocycles. The standard InChI is InChI=1S/C13H23NO2/c1-14(12-4-8-16-9-5-12)10-13(11-15)6-2-3-7-13/h11-12H,2-10H2,1H3. The number of rotatable bonds is 4. The molecule has 0 aromatic carbocycles. The van der Waals surface area contributed by atoms with Crippen molar-refractivity contribution in [2.45, 2.75) is 44.6 Å². The topological polar surface area (TPSA) is 29.5 Å². The number of carbonyl (C=O) groups excluding carboxylic acids is 1. The lowest BCUT2D eigenvalue weighted by Gasteiger charge is -2.36. The molecule has 16 heavy (non-hydrogen) atoms. The summed E-state index contributed by atoms with van der Waals surface area (Å²) in [6.45, 7) is 2.70. The average molecular weight is 225 g/mol. The lowest BCUT2D eigenvalue weighted by molar-refractivity contribution is -0.117. The highest BCUT2D eigenvalue weighted by atomic mass is 16.5. The van der Waals surface area contributed by atoms with Gasteiger partial charge in [-0.25, -0.2) is 0 Å². The molecule has 0 unspecified atom stereocenters. The molecule has 0 N–H and O–H groups in total. The zero-order valence-corrected chi connectivity index (χ0v) is 10.3. The Morgan fingerprint density at radius 1 is 1.31 bits per heavy atom. The van der Waals surface area contributed by atoms with Gasteiger partial charge in [-0.15, -0.1) is 0 Å². The van der Waals surface area contributed by atoms with E-state index in [1.165, 1.54) is 19.1 Å². The zero-order valence-electron chi connectivity index (χ0n) is 10.3. The van der Waals surface area contributed by atoms with Crippen LogP contribution in [-0.4, -0.2) is 44.0 Å². The third-order valence-corrected chi connectivity index (χ3v) is 4.23. The van der Waals surface area contributed by atoms with Crippen molar-refractivity contribution in [2.75, 3.05) is 26.8 Å². The monoisotopic (exact) mass is 225 g/mol. The predicted octanol–water partition coefficient (Wildman–Crippen LogP) is 1.86. The minimum Gasteiger partial charge on any atom is -0.381 e. The zero-order chi connectivity index (χ0) is 11.4. The Balaban J connectivity index is 1.89. The highest BCUT2D eigenvalue weighted by Crippen LogP contribution is 2.37. The van der Waals surface area contributed by atoms with Crippen LogP contribution in [0, 0.1) is 5.41 Å². The van der Waals surface area contributed by atoms with E-state index >= 15 is 0 Å². The van der Waals surface area contributed by atoms with Crippen LogP contribution in [-0.2, 0) is 9.53 Å². The van der Waals surface area contributed by atoms with Crippen LogP contribution in [0.15, 0.2) is 0 Å². The molecule has 2 aliphatic rings. The molecule has 0 aromatic rings. The van der Waals surface area contributed by atoms with Crippen LogP contribution in [0.1, 0.15) is 38.5 Å². The molecule has 1 saturated carbocycles. The van der Waals surface area contributed by atoms with E-state index in [1.807, 2.05) is 0 Å². The van der Waals surface area contributed by atoms with Crippen LogP contribution >= 0.6 is 0 Å². The van der Waals surface area contributed by atoms with E-state index in [0.29, 0.717) is 6.04 Å². The van der Waals surface area contributed by atoms with Gasteiger partial charge < -0.3 is 14.4 Å². The van der Waals surface area contributed by atoms with Gasteiger partial charge in [-0.3, -0.25) is 0 Å². The number of ether oxygens (including phenoxy) is 1. The second-order valence-corrected chi connectivity index (χ2v) is 5.45. The summed E-state index contributed by atoms with van der Waals surface area (Å²) in [6, 6.07) is 0.617. The molecule has 2 fully saturated rings. The molecule has 0 amide bonds. The predicted molar refractivity (Wildman–Crippen MR) is 63.4 cm³/mol. The van der Waals surface area contributed by atoms with Crippen molar-refractivity contribution in [3.8, 4) is 0 Å². The number of carbonyl (C=O) groups is 1. The summed E-state index contributed by atoms with van der Waals surface area (Å²) in [5, 5.41) is 0. The first-order valence-electron chi connectivity index (χ1n) is 6.50. The van der Waals surface area contributed by atoms with Crippen molar-refractivity contribution < 1.29 is 9.53 Å². The minimum atomic E-state index is -0.0347. The Morgan fingerprint density at radius 3 is 2.50 bits per heavy atom. The van der Waals surface area contributed by atoms with Crippen molar-refractivity contribution in [3.05, 3.63) is 0 Å².